The van der Waals surface area contributed by atoms with Crippen molar-refractivity contribution in [2.75, 3.05) is 18.8 Å². The van der Waals surface area contributed by atoms with E-state index in [1.54, 1.807) is 18.5 Å². The highest BCUT2D eigenvalue weighted by Gasteiger charge is 2.22. The number of hydrogen-bond donors (Lipinski definition) is 3. The minimum atomic E-state index is 0.491. The summed E-state index contributed by atoms with van der Waals surface area (Å²) in [5, 5.41) is 7.87. The van der Waals surface area contributed by atoms with Crippen LogP contribution in [0.1, 0.15) is 57.7 Å². The number of allylic oxidation sites excluding steroid dienone is 9. The summed E-state index contributed by atoms with van der Waals surface area (Å²) in [5.74, 6) is 3.75. The standard InChI is InChI=1S/C17H23N5.C6H10O.C5H9N.C4H4/c1-3-12(4-2)9-14-10-15(13-5-7-19-8-6-13)22-16(14)17(18)20-11-21-22;1-6(2)4-3-5-7;1-3-4-5(2)6;1-3-4-2/h3-4,10-11,13,19H,1,5-9H2,2H3,(H2,18,20,21);3-6H,1-2H3;3-4H,1,6H2,2H3;1,4H,2H2/b12-4+;4-3+;5-4+;. The maximum atomic E-state index is 9.62. The molecule has 0 aromatic carbocycles. The number of piperidine rings is 1. The van der Waals surface area contributed by atoms with Crippen LogP contribution in [0.4, 0.5) is 5.82 Å². The van der Waals surface area contributed by atoms with Gasteiger partial charge in [-0.05, 0) is 87.5 Å². The molecule has 0 aliphatic carbocycles. The zero-order valence-corrected chi connectivity index (χ0v) is 24.1. The van der Waals surface area contributed by atoms with Gasteiger partial charge in [0, 0.05) is 17.3 Å². The third-order valence-corrected chi connectivity index (χ3v) is 5.55. The van der Waals surface area contributed by atoms with Crippen LogP contribution in [0.15, 0.2) is 85.9 Å². The van der Waals surface area contributed by atoms with Crippen LogP contribution in [-0.2, 0) is 11.2 Å². The van der Waals surface area contributed by atoms with E-state index in [2.05, 4.69) is 59.6 Å². The third kappa shape index (κ3) is 13.8. The molecule has 0 atom stereocenters. The summed E-state index contributed by atoms with van der Waals surface area (Å²) in [7, 11) is 0. The Bertz CT molecular complexity index is 1170. The first-order chi connectivity index (χ1) is 18.7. The highest BCUT2D eigenvalue weighted by Crippen LogP contribution is 2.31. The third-order valence-electron chi connectivity index (χ3n) is 5.55. The summed E-state index contributed by atoms with van der Waals surface area (Å²) >= 11 is 0. The number of anilines is 1. The Kier molecular flexibility index (Phi) is 18.6. The van der Waals surface area contributed by atoms with E-state index in [1.807, 2.05) is 44.4 Å². The molecule has 0 amide bonds. The molecule has 3 heterocycles. The van der Waals surface area contributed by atoms with Gasteiger partial charge in [-0.15, -0.1) is 6.42 Å². The van der Waals surface area contributed by atoms with Crippen molar-refractivity contribution in [1.82, 2.24) is 19.9 Å². The number of rotatable bonds is 7. The van der Waals surface area contributed by atoms with Crippen LogP contribution in [0.3, 0.4) is 0 Å². The number of nitrogen functional groups attached to an aromatic ring is 1. The maximum absolute atomic E-state index is 9.62. The molecule has 7 heteroatoms. The summed E-state index contributed by atoms with van der Waals surface area (Å²) in [5.41, 5.74) is 16.7. The van der Waals surface area contributed by atoms with Crippen LogP contribution in [0, 0.1) is 18.3 Å². The second-order valence-electron chi connectivity index (χ2n) is 9.05. The minimum Gasteiger partial charge on any atom is -0.402 e. The van der Waals surface area contributed by atoms with E-state index in [0.29, 0.717) is 17.7 Å². The molecular weight excluding hydrogens is 484 g/mol. The Morgan fingerprint density at radius 3 is 2.36 bits per heavy atom. The highest BCUT2D eigenvalue weighted by atomic mass is 16.1. The number of aromatic nitrogens is 3. The van der Waals surface area contributed by atoms with E-state index in [1.165, 1.54) is 29.0 Å². The van der Waals surface area contributed by atoms with E-state index < -0.39 is 0 Å². The van der Waals surface area contributed by atoms with Crippen LogP contribution in [0.25, 0.3) is 5.52 Å². The first kappa shape index (κ1) is 34.9. The fourth-order valence-corrected chi connectivity index (χ4v) is 3.68. The van der Waals surface area contributed by atoms with Gasteiger partial charge in [0.25, 0.3) is 0 Å². The molecule has 0 spiro atoms. The Labute approximate surface area is 235 Å². The molecule has 210 valence electrons. The zero-order valence-electron chi connectivity index (χ0n) is 24.1. The summed E-state index contributed by atoms with van der Waals surface area (Å²) in [6, 6.07) is 2.25. The van der Waals surface area contributed by atoms with Crippen molar-refractivity contribution in [2.45, 2.75) is 52.9 Å². The molecule has 5 N–H and O–H groups in total. The molecule has 0 bridgehead atoms. The summed E-state index contributed by atoms with van der Waals surface area (Å²) in [6.07, 6.45) is 22.2. The molecule has 3 rings (SSSR count). The predicted molar refractivity (Wildman–Crippen MR) is 167 cm³/mol. The van der Waals surface area contributed by atoms with Crippen molar-refractivity contribution >= 4 is 17.6 Å². The van der Waals surface area contributed by atoms with Gasteiger partial charge in [0.2, 0.25) is 0 Å². The van der Waals surface area contributed by atoms with E-state index in [4.69, 9.17) is 11.5 Å². The van der Waals surface area contributed by atoms with Crippen LogP contribution in [0.2, 0.25) is 0 Å². The van der Waals surface area contributed by atoms with E-state index >= 15 is 0 Å². The maximum Gasteiger partial charge on any atom is 0.151 e. The first-order valence-corrected chi connectivity index (χ1v) is 13.0. The van der Waals surface area contributed by atoms with E-state index in [-0.39, 0.29) is 0 Å². The number of carbonyl (C=O) groups is 1. The molecule has 1 saturated heterocycles. The number of aldehydes is 1. The predicted octanol–water partition coefficient (Wildman–Crippen LogP) is 5.69. The van der Waals surface area contributed by atoms with Crippen LogP contribution >= 0.6 is 0 Å². The quantitative estimate of drug-likeness (QED) is 0.183. The molecule has 0 radical (unpaired) electrons. The van der Waals surface area contributed by atoms with Crippen molar-refractivity contribution in [3.05, 3.63) is 97.2 Å². The summed E-state index contributed by atoms with van der Waals surface area (Å²) in [4.78, 5) is 13.8. The molecule has 1 aliphatic rings. The highest BCUT2D eigenvalue weighted by molar-refractivity contribution is 5.72. The molecule has 0 saturated carbocycles. The molecule has 7 nitrogen and oxygen atoms in total. The normalized spacial score (nSPS) is 13.6. The Morgan fingerprint density at radius 1 is 1.31 bits per heavy atom. The van der Waals surface area contributed by atoms with Crippen LogP contribution in [-0.4, -0.2) is 34.0 Å². The van der Waals surface area contributed by atoms with Gasteiger partial charge >= 0.3 is 0 Å². The van der Waals surface area contributed by atoms with Crippen molar-refractivity contribution in [3.63, 3.8) is 0 Å². The lowest BCUT2D eigenvalue weighted by Crippen LogP contribution is -2.27. The van der Waals surface area contributed by atoms with Crippen LogP contribution < -0.4 is 16.8 Å². The lowest BCUT2D eigenvalue weighted by molar-refractivity contribution is -0.104. The minimum absolute atomic E-state index is 0.491. The number of nitrogens with two attached hydrogens (primary N) is 2. The van der Waals surface area contributed by atoms with Crippen molar-refractivity contribution in [2.24, 2.45) is 11.7 Å². The number of terminal acetylenes is 1. The van der Waals surface area contributed by atoms with Crippen molar-refractivity contribution in [1.29, 1.82) is 0 Å². The summed E-state index contributed by atoms with van der Waals surface area (Å²) < 4.78 is 1.99. The second-order valence-corrected chi connectivity index (χ2v) is 9.05. The van der Waals surface area contributed by atoms with Crippen LogP contribution in [0.5, 0.6) is 0 Å². The second kappa shape index (κ2) is 20.9. The van der Waals surface area contributed by atoms with Crippen molar-refractivity contribution in [3.8, 4) is 12.3 Å². The molecule has 0 unspecified atom stereocenters. The van der Waals surface area contributed by atoms with E-state index in [0.717, 1.165) is 49.9 Å². The molecule has 2 aromatic heterocycles. The molecule has 1 aliphatic heterocycles. The first-order valence-electron chi connectivity index (χ1n) is 13.0. The smallest absolute Gasteiger partial charge is 0.151 e. The summed E-state index contributed by atoms with van der Waals surface area (Å²) in [6.45, 7) is 20.6. The van der Waals surface area contributed by atoms with Gasteiger partial charge in [-0.25, -0.2) is 9.50 Å². The average molecular weight is 531 g/mol. The lowest BCUT2D eigenvalue weighted by Gasteiger charge is -2.22. The largest absolute Gasteiger partial charge is 0.402 e. The molecule has 2 aromatic rings. The van der Waals surface area contributed by atoms with Gasteiger partial charge in [0.1, 0.15) is 18.1 Å². The Balaban J connectivity index is 0.000000698. The molecule has 39 heavy (non-hydrogen) atoms. The Hall–Kier alpha value is -4.15. The van der Waals surface area contributed by atoms with Gasteiger partial charge in [0.05, 0.1) is 0 Å². The molecular formula is C32H46N6O. The SMILES string of the molecule is C#CC=C.C=C/C(=C\C)Cc1cc(C2CCNCC2)n2ncnc(N)c12.C=C/C=C(\C)N.CC(C)/C=C/C=O. The van der Waals surface area contributed by atoms with Gasteiger partial charge in [-0.2, -0.15) is 5.10 Å². The fourth-order valence-electron chi connectivity index (χ4n) is 3.68. The topological polar surface area (TPSA) is 111 Å². The van der Waals surface area contributed by atoms with Gasteiger partial charge < -0.3 is 16.8 Å². The monoisotopic (exact) mass is 530 g/mol. The number of carbonyl (C=O) groups excluding carboxylic acids is 1. The zero-order chi connectivity index (χ0) is 29.6. The number of nitrogens with one attached hydrogen (secondary N) is 1. The van der Waals surface area contributed by atoms with Crippen molar-refractivity contribution < 1.29 is 4.79 Å². The van der Waals surface area contributed by atoms with Gasteiger partial charge in [-0.1, -0.05) is 63.8 Å². The van der Waals surface area contributed by atoms with Gasteiger partial charge in [0.15, 0.2) is 5.82 Å². The van der Waals surface area contributed by atoms with E-state index in [9.17, 15) is 4.79 Å². The lowest BCUT2D eigenvalue weighted by atomic mass is 9.94. The van der Waals surface area contributed by atoms with Gasteiger partial charge in [-0.3, -0.25) is 4.79 Å². The molecule has 1 fully saturated rings. The number of nitrogens with zero attached hydrogens (tertiary/aromatic N) is 3. The average Bonchev–Trinajstić information content (AvgIpc) is 3.31. The Morgan fingerprint density at radius 2 is 1.95 bits per heavy atom. The number of fused-ring (bicyclic) bond motifs is 1. The fraction of sp³-hybridized carbons (Fsp3) is 0.344. The number of hydrogen-bond acceptors (Lipinski definition) is 6.